The quantitative estimate of drug-likeness (QED) is 0.631. The standard InChI is InChI=1S/C18H14O4/c1-22-18(21)15-14(11-7-3-2-4-8-11)16(19)12-9-5-6-10-13(12)17(15)20/h2-10,14-15H,1H3. The molecule has 0 bridgehead atoms. The second-order valence-electron chi connectivity index (χ2n) is 5.16. The van der Waals surface area contributed by atoms with Crippen LogP contribution in [0.1, 0.15) is 32.2 Å². The molecule has 0 N–H and O–H groups in total. The van der Waals surface area contributed by atoms with E-state index in [1.54, 1.807) is 48.5 Å². The van der Waals surface area contributed by atoms with Crippen molar-refractivity contribution in [1.29, 1.82) is 0 Å². The SMILES string of the molecule is COC(=O)C1C(=O)c2ccccc2C(=O)C1c1ccccc1. The Labute approximate surface area is 127 Å². The van der Waals surface area contributed by atoms with E-state index in [9.17, 15) is 14.4 Å². The Morgan fingerprint density at radius 3 is 2.00 bits per heavy atom. The van der Waals surface area contributed by atoms with Gasteiger partial charge in [-0.25, -0.2) is 0 Å². The van der Waals surface area contributed by atoms with E-state index < -0.39 is 17.8 Å². The number of methoxy groups -OCH3 is 1. The number of esters is 1. The minimum Gasteiger partial charge on any atom is -0.468 e. The van der Waals surface area contributed by atoms with Gasteiger partial charge in [-0.15, -0.1) is 0 Å². The molecular formula is C18H14O4. The van der Waals surface area contributed by atoms with Crippen molar-refractivity contribution >= 4 is 17.5 Å². The average molecular weight is 294 g/mol. The first-order valence-electron chi connectivity index (χ1n) is 6.95. The first-order valence-corrected chi connectivity index (χ1v) is 6.95. The van der Waals surface area contributed by atoms with Crippen LogP contribution in [0.15, 0.2) is 54.6 Å². The summed E-state index contributed by atoms with van der Waals surface area (Å²) >= 11 is 0. The van der Waals surface area contributed by atoms with E-state index in [1.165, 1.54) is 7.11 Å². The Hall–Kier alpha value is -2.75. The summed E-state index contributed by atoms with van der Waals surface area (Å²) in [6.45, 7) is 0. The normalized spacial score (nSPS) is 20.4. The van der Waals surface area contributed by atoms with Crippen LogP contribution < -0.4 is 0 Å². The molecule has 0 spiro atoms. The zero-order valence-corrected chi connectivity index (χ0v) is 12.0. The number of carbonyl (C=O) groups is 3. The molecule has 4 heteroatoms. The van der Waals surface area contributed by atoms with Crippen molar-refractivity contribution in [3.63, 3.8) is 0 Å². The van der Waals surface area contributed by atoms with E-state index in [-0.39, 0.29) is 17.1 Å². The summed E-state index contributed by atoms with van der Waals surface area (Å²) in [5.74, 6) is -3.24. The summed E-state index contributed by atoms with van der Waals surface area (Å²) in [6.07, 6.45) is 0. The Morgan fingerprint density at radius 1 is 0.864 bits per heavy atom. The molecule has 0 aromatic heterocycles. The Kier molecular flexibility index (Phi) is 3.59. The van der Waals surface area contributed by atoms with E-state index in [4.69, 9.17) is 4.74 Å². The molecule has 0 saturated carbocycles. The van der Waals surface area contributed by atoms with Crippen LogP contribution in [0.5, 0.6) is 0 Å². The van der Waals surface area contributed by atoms with E-state index in [0.29, 0.717) is 11.1 Å². The molecule has 2 unspecified atom stereocenters. The Balaban J connectivity index is 2.20. The maximum Gasteiger partial charge on any atom is 0.317 e. The van der Waals surface area contributed by atoms with Crippen LogP contribution >= 0.6 is 0 Å². The van der Waals surface area contributed by atoms with Gasteiger partial charge in [0, 0.05) is 11.1 Å². The molecule has 4 nitrogen and oxygen atoms in total. The second kappa shape index (κ2) is 5.56. The van der Waals surface area contributed by atoms with Crippen LogP contribution in [-0.4, -0.2) is 24.6 Å². The number of ketones is 2. The van der Waals surface area contributed by atoms with Crippen LogP contribution in [0.25, 0.3) is 0 Å². The molecule has 0 aliphatic heterocycles. The van der Waals surface area contributed by atoms with Crippen molar-refractivity contribution in [3.05, 3.63) is 71.3 Å². The number of carbonyl (C=O) groups excluding carboxylic acids is 3. The third-order valence-electron chi connectivity index (χ3n) is 3.97. The molecule has 3 rings (SSSR count). The lowest BCUT2D eigenvalue weighted by Gasteiger charge is -2.29. The molecule has 0 saturated heterocycles. The number of benzene rings is 2. The van der Waals surface area contributed by atoms with Gasteiger partial charge in [-0.2, -0.15) is 0 Å². The molecule has 0 radical (unpaired) electrons. The summed E-state index contributed by atoms with van der Waals surface area (Å²) < 4.78 is 4.76. The molecular weight excluding hydrogens is 280 g/mol. The largest absolute Gasteiger partial charge is 0.468 e. The lowest BCUT2D eigenvalue weighted by molar-refractivity contribution is -0.144. The van der Waals surface area contributed by atoms with E-state index in [2.05, 4.69) is 0 Å². The molecule has 2 aromatic rings. The average Bonchev–Trinajstić information content (AvgIpc) is 2.58. The fourth-order valence-corrected chi connectivity index (χ4v) is 2.92. The summed E-state index contributed by atoms with van der Waals surface area (Å²) in [6, 6.07) is 15.5. The highest BCUT2D eigenvalue weighted by Crippen LogP contribution is 2.37. The highest BCUT2D eigenvalue weighted by molar-refractivity contribution is 6.23. The minimum absolute atomic E-state index is 0.225. The maximum absolute atomic E-state index is 12.8. The van der Waals surface area contributed by atoms with Crippen LogP contribution in [0.2, 0.25) is 0 Å². The third kappa shape index (κ3) is 2.13. The molecule has 1 aliphatic rings. The molecule has 0 heterocycles. The molecule has 0 amide bonds. The number of fused-ring (bicyclic) bond motifs is 1. The predicted molar refractivity (Wildman–Crippen MR) is 79.8 cm³/mol. The third-order valence-corrected chi connectivity index (χ3v) is 3.97. The molecule has 110 valence electrons. The first-order chi connectivity index (χ1) is 10.6. The van der Waals surface area contributed by atoms with E-state index in [1.807, 2.05) is 6.07 Å². The van der Waals surface area contributed by atoms with Crippen molar-refractivity contribution in [2.75, 3.05) is 7.11 Å². The van der Waals surface area contributed by atoms with Gasteiger partial charge >= 0.3 is 5.97 Å². The lowest BCUT2D eigenvalue weighted by atomic mass is 9.71. The number of ether oxygens (including phenoxy) is 1. The minimum atomic E-state index is -1.13. The van der Waals surface area contributed by atoms with Crippen molar-refractivity contribution in [2.45, 2.75) is 5.92 Å². The van der Waals surface area contributed by atoms with Gasteiger partial charge in [0.1, 0.15) is 5.92 Å². The van der Waals surface area contributed by atoms with Crippen LogP contribution in [0, 0.1) is 5.92 Å². The summed E-state index contributed by atoms with van der Waals surface area (Å²) in [4.78, 5) is 37.6. The van der Waals surface area contributed by atoms with Gasteiger partial charge in [0.15, 0.2) is 11.6 Å². The Bertz CT molecular complexity index is 749. The molecule has 2 atom stereocenters. The van der Waals surface area contributed by atoms with Gasteiger partial charge in [0.05, 0.1) is 13.0 Å². The molecule has 22 heavy (non-hydrogen) atoms. The van der Waals surface area contributed by atoms with Crippen LogP contribution in [0.3, 0.4) is 0 Å². The van der Waals surface area contributed by atoms with E-state index in [0.717, 1.165) is 0 Å². The van der Waals surface area contributed by atoms with E-state index >= 15 is 0 Å². The second-order valence-corrected chi connectivity index (χ2v) is 5.16. The monoisotopic (exact) mass is 294 g/mol. The van der Waals surface area contributed by atoms with Gasteiger partial charge in [-0.1, -0.05) is 54.6 Å². The van der Waals surface area contributed by atoms with Crippen molar-refractivity contribution < 1.29 is 19.1 Å². The number of rotatable bonds is 2. The van der Waals surface area contributed by atoms with Crippen LogP contribution in [0.4, 0.5) is 0 Å². The predicted octanol–water partition coefficient (Wildman–Crippen LogP) is 2.64. The van der Waals surface area contributed by atoms with Gasteiger partial charge in [-0.3, -0.25) is 14.4 Å². The van der Waals surface area contributed by atoms with Crippen molar-refractivity contribution in [2.24, 2.45) is 5.92 Å². The molecule has 0 fully saturated rings. The fourth-order valence-electron chi connectivity index (χ4n) is 2.92. The number of Topliss-reactive ketones (excluding diaryl/α,β-unsaturated/α-hetero) is 2. The van der Waals surface area contributed by atoms with Gasteiger partial charge in [0.2, 0.25) is 0 Å². The number of hydrogen-bond acceptors (Lipinski definition) is 4. The summed E-state index contributed by atoms with van der Waals surface area (Å²) in [5.41, 5.74) is 1.29. The topological polar surface area (TPSA) is 60.4 Å². The first kappa shape index (κ1) is 14.2. The lowest BCUT2D eigenvalue weighted by Crippen LogP contribution is -2.40. The van der Waals surface area contributed by atoms with Gasteiger partial charge in [-0.05, 0) is 5.56 Å². The van der Waals surface area contributed by atoms with Crippen LogP contribution in [-0.2, 0) is 9.53 Å². The summed E-state index contributed by atoms with van der Waals surface area (Å²) in [7, 11) is 1.22. The smallest absolute Gasteiger partial charge is 0.317 e. The zero-order valence-electron chi connectivity index (χ0n) is 12.0. The van der Waals surface area contributed by atoms with Crippen molar-refractivity contribution in [3.8, 4) is 0 Å². The fraction of sp³-hybridized carbons (Fsp3) is 0.167. The van der Waals surface area contributed by atoms with Gasteiger partial charge < -0.3 is 4.74 Å². The highest BCUT2D eigenvalue weighted by Gasteiger charge is 2.46. The molecule has 2 aromatic carbocycles. The van der Waals surface area contributed by atoms with Crippen molar-refractivity contribution in [1.82, 2.24) is 0 Å². The zero-order chi connectivity index (χ0) is 15.7. The molecule has 1 aliphatic carbocycles. The Morgan fingerprint density at radius 2 is 1.41 bits per heavy atom. The summed E-state index contributed by atoms with van der Waals surface area (Å²) in [5, 5.41) is 0. The highest BCUT2D eigenvalue weighted by atomic mass is 16.5. The maximum atomic E-state index is 12.8. The van der Waals surface area contributed by atoms with Gasteiger partial charge in [0.25, 0.3) is 0 Å². The number of hydrogen-bond donors (Lipinski definition) is 0.